The summed E-state index contributed by atoms with van der Waals surface area (Å²) >= 11 is 0. The minimum Gasteiger partial charge on any atom is -0.446 e. The predicted octanol–water partition coefficient (Wildman–Crippen LogP) is 3.98. The van der Waals surface area contributed by atoms with Gasteiger partial charge in [0.25, 0.3) is 0 Å². The van der Waals surface area contributed by atoms with Gasteiger partial charge in [-0.25, -0.2) is 4.79 Å². The van der Waals surface area contributed by atoms with Crippen LogP contribution in [-0.4, -0.2) is 66.5 Å². The standard InChI is InChI=1S/C34H50N4O5/c1-20(2)27-14-15-38(31(27)32(40)36-26(16-22-12-13-22)19-29(39)35-4)33(41)30(25-17-23-9-5-6-10-24(23)18-25)37-34(42)43-28-11-7-8-21(28)3/h5-6,9-10,20-22,25-28,30-31H,7-8,11-19H2,1-4H3,(H,35,39)(H,36,40)(H,37,42)/t21-,26?,27+,28-,30-,31-/m0/s1. The SMILES string of the molecule is CNC(=O)CC(CC1CC1)NC(=O)[C@@H]1[C@@H](C(C)C)CCN1C(=O)[C@@H](NC(=O)O[C@H]1CCC[C@@H]1C)C1Cc2ccccc2C1. The molecule has 236 valence electrons. The fraction of sp³-hybridized carbons (Fsp3) is 0.706. The number of rotatable bonds is 11. The first-order chi connectivity index (χ1) is 20.6. The monoisotopic (exact) mass is 594 g/mol. The number of carbonyl (C=O) groups is 4. The van der Waals surface area contributed by atoms with Crippen molar-refractivity contribution in [2.24, 2.45) is 29.6 Å². The van der Waals surface area contributed by atoms with E-state index >= 15 is 0 Å². The van der Waals surface area contributed by atoms with E-state index < -0.39 is 18.2 Å². The molecule has 5 rings (SSSR count). The van der Waals surface area contributed by atoms with Crippen LogP contribution in [0.25, 0.3) is 0 Å². The molecule has 3 fully saturated rings. The lowest BCUT2D eigenvalue weighted by atomic mass is 9.87. The number of fused-ring (bicyclic) bond motifs is 1. The van der Waals surface area contributed by atoms with Crippen LogP contribution in [0.5, 0.6) is 0 Å². The normalized spacial score (nSPS) is 26.6. The second-order valence-electron chi connectivity index (χ2n) is 13.8. The highest BCUT2D eigenvalue weighted by Gasteiger charge is 2.47. The molecule has 1 unspecified atom stereocenters. The smallest absolute Gasteiger partial charge is 0.408 e. The van der Waals surface area contributed by atoms with Crippen LogP contribution in [0.15, 0.2) is 24.3 Å². The van der Waals surface area contributed by atoms with Gasteiger partial charge in [-0.05, 0) is 85.7 Å². The van der Waals surface area contributed by atoms with Crippen LogP contribution >= 0.6 is 0 Å². The first-order valence-corrected chi connectivity index (χ1v) is 16.5. The molecule has 4 aliphatic rings. The van der Waals surface area contributed by atoms with Crippen molar-refractivity contribution in [2.75, 3.05) is 13.6 Å². The Morgan fingerprint density at radius 1 is 0.977 bits per heavy atom. The first-order valence-electron chi connectivity index (χ1n) is 16.5. The van der Waals surface area contributed by atoms with Crippen molar-refractivity contribution in [1.82, 2.24) is 20.9 Å². The number of ether oxygens (including phenoxy) is 1. The minimum absolute atomic E-state index is 0.0155. The molecule has 1 heterocycles. The second-order valence-corrected chi connectivity index (χ2v) is 13.8. The van der Waals surface area contributed by atoms with Gasteiger partial charge in [0.1, 0.15) is 18.2 Å². The fourth-order valence-electron chi connectivity index (χ4n) is 7.63. The third kappa shape index (κ3) is 7.52. The van der Waals surface area contributed by atoms with Gasteiger partial charge in [0.2, 0.25) is 17.7 Å². The fourth-order valence-corrected chi connectivity index (χ4v) is 7.63. The number of nitrogens with zero attached hydrogens (tertiary/aromatic N) is 1. The zero-order valence-corrected chi connectivity index (χ0v) is 26.3. The maximum absolute atomic E-state index is 14.5. The Balaban J connectivity index is 1.36. The summed E-state index contributed by atoms with van der Waals surface area (Å²) in [6.45, 7) is 6.74. The number of benzene rings is 1. The molecular formula is C34H50N4O5. The van der Waals surface area contributed by atoms with Gasteiger partial charge >= 0.3 is 6.09 Å². The van der Waals surface area contributed by atoms with Crippen LogP contribution in [0.1, 0.15) is 83.3 Å². The third-order valence-corrected chi connectivity index (χ3v) is 10.4. The minimum atomic E-state index is -0.800. The maximum Gasteiger partial charge on any atom is 0.408 e. The van der Waals surface area contributed by atoms with Gasteiger partial charge in [-0.3, -0.25) is 14.4 Å². The number of alkyl carbamates (subject to hydrolysis) is 1. The topological polar surface area (TPSA) is 117 Å². The molecule has 1 aromatic rings. The zero-order chi connectivity index (χ0) is 30.7. The molecule has 2 saturated carbocycles. The Morgan fingerprint density at radius 3 is 2.26 bits per heavy atom. The molecule has 1 aromatic carbocycles. The van der Waals surface area contributed by atoms with Gasteiger partial charge in [-0.2, -0.15) is 0 Å². The van der Waals surface area contributed by atoms with Gasteiger partial charge in [0, 0.05) is 26.1 Å². The molecule has 43 heavy (non-hydrogen) atoms. The molecule has 1 saturated heterocycles. The van der Waals surface area contributed by atoms with Gasteiger partial charge in [-0.15, -0.1) is 0 Å². The lowest BCUT2D eigenvalue weighted by Crippen LogP contribution is -2.58. The summed E-state index contributed by atoms with van der Waals surface area (Å²) in [7, 11) is 1.61. The Morgan fingerprint density at radius 2 is 1.67 bits per heavy atom. The predicted molar refractivity (Wildman–Crippen MR) is 164 cm³/mol. The summed E-state index contributed by atoms with van der Waals surface area (Å²) in [6.07, 6.45) is 7.51. The van der Waals surface area contributed by atoms with Crippen molar-refractivity contribution in [3.63, 3.8) is 0 Å². The van der Waals surface area contributed by atoms with Crippen molar-refractivity contribution in [2.45, 2.75) is 109 Å². The Hall–Kier alpha value is -3.10. The van der Waals surface area contributed by atoms with E-state index in [-0.39, 0.29) is 54.0 Å². The lowest BCUT2D eigenvalue weighted by Gasteiger charge is -2.34. The molecule has 0 aromatic heterocycles. The maximum atomic E-state index is 14.5. The van der Waals surface area contributed by atoms with Crippen LogP contribution in [0.2, 0.25) is 0 Å². The summed E-state index contributed by atoms with van der Waals surface area (Å²) in [4.78, 5) is 55.8. The van der Waals surface area contributed by atoms with Gasteiger partial charge in [-0.1, -0.05) is 57.9 Å². The molecule has 3 N–H and O–H groups in total. The van der Waals surface area contributed by atoms with E-state index in [2.05, 4.69) is 48.9 Å². The highest BCUT2D eigenvalue weighted by Crippen LogP contribution is 2.37. The van der Waals surface area contributed by atoms with E-state index in [0.29, 0.717) is 37.6 Å². The van der Waals surface area contributed by atoms with Crippen LogP contribution in [0.4, 0.5) is 4.79 Å². The van der Waals surface area contributed by atoms with Crippen molar-refractivity contribution in [3.05, 3.63) is 35.4 Å². The van der Waals surface area contributed by atoms with Gasteiger partial charge in [0.05, 0.1) is 0 Å². The summed E-state index contributed by atoms with van der Waals surface area (Å²) in [6, 6.07) is 6.46. The Bertz CT molecular complexity index is 1160. The van der Waals surface area contributed by atoms with E-state index in [1.54, 1.807) is 11.9 Å². The van der Waals surface area contributed by atoms with E-state index in [4.69, 9.17) is 4.74 Å². The van der Waals surface area contributed by atoms with Crippen LogP contribution in [-0.2, 0) is 32.0 Å². The van der Waals surface area contributed by atoms with E-state index in [9.17, 15) is 19.2 Å². The molecule has 0 spiro atoms. The van der Waals surface area contributed by atoms with Crippen molar-refractivity contribution < 1.29 is 23.9 Å². The van der Waals surface area contributed by atoms with Crippen molar-refractivity contribution in [1.29, 1.82) is 0 Å². The molecule has 0 radical (unpaired) electrons. The summed E-state index contributed by atoms with van der Waals surface area (Å²) < 4.78 is 5.84. The lowest BCUT2D eigenvalue weighted by molar-refractivity contribution is -0.142. The molecular weight excluding hydrogens is 544 g/mol. The second kappa shape index (κ2) is 13.7. The zero-order valence-electron chi connectivity index (χ0n) is 26.3. The molecule has 4 amide bonds. The van der Waals surface area contributed by atoms with Gasteiger partial charge in [0.15, 0.2) is 0 Å². The molecule has 1 aliphatic heterocycles. The van der Waals surface area contributed by atoms with E-state index in [1.165, 1.54) is 11.1 Å². The van der Waals surface area contributed by atoms with E-state index in [1.807, 2.05) is 12.1 Å². The van der Waals surface area contributed by atoms with Crippen molar-refractivity contribution >= 4 is 23.8 Å². The van der Waals surface area contributed by atoms with Crippen LogP contribution < -0.4 is 16.0 Å². The summed E-state index contributed by atoms with van der Waals surface area (Å²) in [5.74, 6) is 0.346. The molecule has 6 atom stereocenters. The largest absolute Gasteiger partial charge is 0.446 e. The van der Waals surface area contributed by atoms with Crippen LogP contribution in [0.3, 0.4) is 0 Å². The summed E-state index contributed by atoms with van der Waals surface area (Å²) in [5, 5.41) is 8.85. The first kappa shape index (κ1) is 31.3. The molecule has 9 heteroatoms. The average molecular weight is 595 g/mol. The highest BCUT2D eigenvalue weighted by molar-refractivity contribution is 5.93. The number of hydrogen-bond donors (Lipinski definition) is 3. The highest BCUT2D eigenvalue weighted by atomic mass is 16.6. The average Bonchev–Trinajstić information content (AvgIpc) is 3.33. The Labute approximate surface area is 256 Å². The number of nitrogens with one attached hydrogen (secondary N) is 3. The quantitative estimate of drug-likeness (QED) is 0.358. The van der Waals surface area contributed by atoms with Gasteiger partial charge < -0.3 is 25.6 Å². The number of likely N-dealkylation sites (tertiary alicyclic amines) is 1. The molecule has 3 aliphatic carbocycles. The third-order valence-electron chi connectivity index (χ3n) is 10.4. The number of hydrogen-bond acceptors (Lipinski definition) is 5. The summed E-state index contributed by atoms with van der Waals surface area (Å²) in [5.41, 5.74) is 2.38. The number of carbonyl (C=O) groups excluding carboxylic acids is 4. The molecule has 0 bridgehead atoms. The van der Waals surface area contributed by atoms with E-state index in [0.717, 1.165) is 38.5 Å². The van der Waals surface area contributed by atoms with Crippen molar-refractivity contribution in [3.8, 4) is 0 Å². The van der Waals surface area contributed by atoms with Crippen LogP contribution in [0, 0.1) is 29.6 Å². The Kier molecular flexibility index (Phi) is 9.97. The molecule has 9 nitrogen and oxygen atoms in total. The number of amides is 4.